The SMILES string of the molecule is O=C(NCc1ccc2c(c1)OCO2)[C@H](C(=O)c1ccc(F)cc1)n1ccccc1=O. The molecule has 3 aromatic rings. The Morgan fingerprint density at radius 2 is 1.80 bits per heavy atom. The van der Waals surface area contributed by atoms with Gasteiger partial charge in [0, 0.05) is 24.4 Å². The highest BCUT2D eigenvalue weighted by Crippen LogP contribution is 2.32. The van der Waals surface area contributed by atoms with Crippen molar-refractivity contribution >= 4 is 11.7 Å². The first kappa shape index (κ1) is 19.4. The van der Waals surface area contributed by atoms with Gasteiger partial charge in [0.05, 0.1) is 0 Å². The van der Waals surface area contributed by atoms with E-state index < -0.39 is 29.1 Å². The molecule has 2 heterocycles. The average molecular weight is 408 g/mol. The van der Waals surface area contributed by atoms with Crippen LogP contribution >= 0.6 is 0 Å². The van der Waals surface area contributed by atoms with Crippen molar-refractivity contribution < 1.29 is 23.5 Å². The van der Waals surface area contributed by atoms with Crippen molar-refractivity contribution in [3.63, 3.8) is 0 Å². The topological polar surface area (TPSA) is 86.6 Å². The summed E-state index contributed by atoms with van der Waals surface area (Å²) in [6, 6.07) is 12.9. The fourth-order valence-corrected chi connectivity index (χ4v) is 3.13. The number of nitrogens with one attached hydrogen (secondary N) is 1. The van der Waals surface area contributed by atoms with Crippen LogP contribution in [0.3, 0.4) is 0 Å². The Bertz CT molecular complexity index is 1160. The van der Waals surface area contributed by atoms with E-state index in [-0.39, 0.29) is 18.9 Å². The zero-order valence-electron chi connectivity index (χ0n) is 15.7. The van der Waals surface area contributed by atoms with Gasteiger partial charge in [-0.25, -0.2) is 4.39 Å². The molecule has 1 aliphatic heterocycles. The van der Waals surface area contributed by atoms with E-state index in [1.165, 1.54) is 30.5 Å². The van der Waals surface area contributed by atoms with Crippen molar-refractivity contribution in [3.8, 4) is 11.5 Å². The van der Waals surface area contributed by atoms with Gasteiger partial charge in [0.2, 0.25) is 6.79 Å². The first-order chi connectivity index (χ1) is 14.5. The number of carbonyl (C=O) groups is 2. The van der Waals surface area contributed by atoms with Gasteiger partial charge in [0.25, 0.3) is 11.5 Å². The van der Waals surface area contributed by atoms with Gasteiger partial charge in [-0.1, -0.05) is 12.1 Å². The smallest absolute Gasteiger partial charge is 0.251 e. The second kappa shape index (κ2) is 8.20. The summed E-state index contributed by atoms with van der Waals surface area (Å²) in [5.41, 5.74) is 0.354. The number of aromatic nitrogens is 1. The van der Waals surface area contributed by atoms with Gasteiger partial charge in [-0.15, -0.1) is 0 Å². The molecule has 4 rings (SSSR count). The quantitative estimate of drug-likeness (QED) is 0.500. The van der Waals surface area contributed by atoms with Crippen LogP contribution in [0, 0.1) is 5.82 Å². The molecule has 8 heteroatoms. The molecule has 0 aliphatic carbocycles. The van der Waals surface area contributed by atoms with Gasteiger partial charge >= 0.3 is 0 Å². The molecule has 0 spiro atoms. The number of Topliss-reactive ketones (excluding diaryl/α,β-unsaturated/α-hetero) is 1. The standard InChI is InChI=1S/C22H17FN2O5/c23-16-7-5-15(6-8-16)21(27)20(25-10-2-1-3-19(25)26)22(28)24-12-14-4-9-17-18(11-14)30-13-29-17/h1-11,20H,12-13H2,(H,24,28)/t20-/m0/s1. The van der Waals surface area contributed by atoms with Crippen LogP contribution < -0.4 is 20.3 Å². The van der Waals surface area contributed by atoms with Gasteiger partial charge < -0.3 is 14.8 Å². The minimum absolute atomic E-state index is 0.115. The Labute approximate surface area is 170 Å². The molecule has 1 aromatic heterocycles. The largest absolute Gasteiger partial charge is 0.454 e. The lowest BCUT2D eigenvalue weighted by atomic mass is 10.0. The molecule has 0 saturated carbocycles. The molecular formula is C22H17FN2O5. The fraction of sp³-hybridized carbons (Fsp3) is 0.136. The normalized spacial score (nSPS) is 13.0. The molecule has 0 radical (unpaired) electrons. The Morgan fingerprint density at radius 3 is 2.57 bits per heavy atom. The summed E-state index contributed by atoms with van der Waals surface area (Å²) in [7, 11) is 0. The highest BCUT2D eigenvalue weighted by atomic mass is 19.1. The number of carbonyl (C=O) groups excluding carboxylic acids is 2. The van der Waals surface area contributed by atoms with Crippen LogP contribution in [-0.4, -0.2) is 23.1 Å². The van der Waals surface area contributed by atoms with Gasteiger partial charge in [-0.05, 0) is 48.0 Å². The number of amides is 1. The summed E-state index contributed by atoms with van der Waals surface area (Å²) >= 11 is 0. The van der Waals surface area contributed by atoms with E-state index in [0.717, 1.165) is 22.3 Å². The summed E-state index contributed by atoms with van der Waals surface area (Å²) in [4.78, 5) is 38.3. The molecule has 1 amide bonds. The predicted molar refractivity (Wildman–Crippen MR) is 105 cm³/mol. The lowest BCUT2D eigenvalue weighted by molar-refractivity contribution is -0.123. The summed E-state index contributed by atoms with van der Waals surface area (Å²) in [5, 5.41) is 2.69. The Kier molecular flexibility index (Phi) is 5.30. The summed E-state index contributed by atoms with van der Waals surface area (Å²) in [6.07, 6.45) is 1.37. The van der Waals surface area contributed by atoms with Gasteiger partial charge in [-0.2, -0.15) is 0 Å². The van der Waals surface area contributed by atoms with Crippen LogP contribution in [0.4, 0.5) is 4.39 Å². The molecule has 0 unspecified atom stereocenters. The van der Waals surface area contributed by atoms with E-state index in [0.29, 0.717) is 11.5 Å². The number of pyridine rings is 1. The number of halogens is 1. The molecule has 1 aliphatic rings. The van der Waals surface area contributed by atoms with Crippen molar-refractivity contribution in [2.75, 3.05) is 6.79 Å². The lowest BCUT2D eigenvalue weighted by Gasteiger charge is -2.18. The zero-order valence-corrected chi connectivity index (χ0v) is 15.7. The van der Waals surface area contributed by atoms with E-state index in [1.807, 2.05) is 0 Å². The second-order valence-electron chi connectivity index (χ2n) is 6.63. The second-order valence-corrected chi connectivity index (χ2v) is 6.63. The number of hydrogen-bond donors (Lipinski definition) is 1. The maximum Gasteiger partial charge on any atom is 0.251 e. The molecule has 152 valence electrons. The van der Waals surface area contributed by atoms with Crippen LogP contribution in [0.2, 0.25) is 0 Å². The minimum Gasteiger partial charge on any atom is -0.454 e. The highest BCUT2D eigenvalue weighted by Gasteiger charge is 2.30. The van der Waals surface area contributed by atoms with Gasteiger partial charge in [-0.3, -0.25) is 19.0 Å². The lowest BCUT2D eigenvalue weighted by Crippen LogP contribution is -2.41. The van der Waals surface area contributed by atoms with Crippen LogP contribution in [0.5, 0.6) is 11.5 Å². The summed E-state index contributed by atoms with van der Waals surface area (Å²) in [6.45, 7) is 0.251. The van der Waals surface area contributed by atoms with E-state index in [2.05, 4.69) is 5.32 Å². The van der Waals surface area contributed by atoms with E-state index in [1.54, 1.807) is 24.3 Å². The molecule has 30 heavy (non-hydrogen) atoms. The number of benzene rings is 2. The van der Waals surface area contributed by atoms with E-state index in [4.69, 9.17) is 9.47 Å². The van der Waals surface area contributed by atoms with Gasteiger partial charge in [0.15, 0.2) is 23.3 Å². The van der Waals surface area contributed by atoms with Crippen molar-refractivity contribution in [2.24, 2.45) is 0 Å². The number of ketones is 1. The number of rotatable bonds is 6. The third-order valence-corrected chi connectivity index (χ3v) is 4.66. The number of nitrogens with zero attached hydrogens (tertiary/aromatic N) is 1. The third kappa shape index (κ3) is 3.93. The van der Waals surface area contributed by atoms with Crippen LogP contribution in [-0.2, 0) is 11.3 Å². The van der Waals surface area contributed by atoms with Crippen LogP contribution in [0.1, 0.15) is 22.0 Å². The Morgan fingerprint density at radius 1 is 1.03 bits per heavy atom. The van der Waals surface area contributed by atoms with Crippen molar-refractivity contribution in [3.05, 3.63) is 94.2 Å². The molecule has 1 N–H and O–H groups in total. The third-order valence-electron chi connectivity index (χ3n) is 4.66. The average Bonchev–Trinajstić information content (AvgIpc) is 3.22. The van der Waals surface area contributed by atoms with Crippen molar-refractivity contribution in [2.45, 2.75) is 12.6 Å². The molecular weight excluding hydrogens is 391 g/mol. The number of ether oxygens (including phenoxy) is 2. The highest BCUT2D eigenvalue weighted by molar-refractivity contribution is 6.11. The monoisotopic (exact) mass is 408 g/mol. The molecule has 7 nitrogen and oxygen atoms in total. The first-order valence-corrected chi connectivity index (χ1v) is 9.16. The zero-order chi connectivity index (χ0) is 21.1. The van der Waals surface area contributed by atoms with Crippen molar-refractivity contribution in [1.29, 1.82) is 0 Å². The van der Waals surface area contributed by atoms with Gasteiger partial charge in [0.1, 0.15) is 5.82 Å². The molecule has 1 atom stereocenters. The van der Waals surface area contributed by atoms with Crippen LogP contribution in [0.15, 0.2) is 71.7 Å². The maximum absolute atomic E-state index is 13.2. The summed E-state index contributed by atoms with van der Waals surface area (Å²) in [5.74, 6) is -0.598. The first-order valence-electron chi connectivity index (χ1n) is 9.16. The Balaban J connectivity index is 1.59. The minimum atomic E-state index is -1.43. The summed E-state index contributed by atoms with van der Waals surface area (Å²) < 4.78 is 24.9. The molecule has 0 saturated heterocycles. The van der Waals surface area contributed by atoms with Crippen molar-refractivity contribution in [1.82, 2.24) is 9.88 Å². The number of hydrogen-bond acceptors (Lipinski definition) is 5. The molecule has 0 fully saturated rings. The number of fused-ring (bicyclic) bond motifs is 1. The van der Waals surface area contributed by atoms with Crippen LogP contribution in [0.25, 0.3) is 0 Å². The molecule has 2 aromatic carbocycles. The predicted octanol–water partition coefficient (Wildman–Crippen LogP) is 2.46. The maximum atomic E-state index is 13.2. The molecule has 0 bridgehead atoms. The Hall–Kier alpha value is -3.94. The fourth-order valence-electron chi connectivity index (χ4n) is 3.13. The van der Waals surface area contributed by atoms with E-state index in [9.17, 15) is 18.8 Å². The van der Waals surface area contributed by atoms with E-state index >= 15 is 0 Å².